The van der Waals surface area contributed by atoms with E-state index in [0.717, 1.165) is 41.9 Å². The molecule has 0 unspecified atom stereocenters. The van der Waals surface area contributed by atoms with E-state index in [0.29, 0.717) is 17.2 Å². The molecule has 1 aromatic heterocycles. The zero-order valence-electron chi connectivity index (χ0n) is 13.5. The standard InChI is InChI=1S/C16H22N4O2S/c1-10-7-11(8-13-14(10)19-16(17)23-13)15(21)18-4-3-12-9-20(2)5-6-22-12/h7-8,12H,3-6,9H2,1-2H3,(H2,17,19)(H,18,21)/t12-/m0/s1. The Kier molecular flexibility index (Phi) is 4.79. The molecule has 124 valence electrons. The number of thiazole rings is 1. The van der Waals surface area contributed by atoms with Crippen molar-refractivity contribution in [1.82, 2.24) is 15.2 Å². The van der Waals surface area contributed by atoms with Crippen LogP contribution in [-0.2, 0) is 4.74 Å². The highest BCUT2D eigenvalue weighted by molar-refractivity contribution is 7.22. The summed E-state index contributed by atoms with van der Waals surface area (Å²) in [5.41, 5.74) is 8.25. The van der Waals surface area contributed by atoms with E-state index in [-0.39, 0.29) is 12.0 Å². The molecule has 0 bridgehead atoms. The molecule has 3 N–H and O–H groups in total. The number of hydrogen-bond acceptors (Lipinski definition) is 6. The quantitative estimate of drug-likeness (QED) is 0.888. The molecular weight excluding hydrogens is 312 g/mol. The number of carbonyl (C=O) groups excluding carboxylic acids is 1. The Bertz CT molecular complexity index is 715. The highest BCUT2D eigenvalue weighted by Crippen LogP contribution is 2.27. The minimum atomic E-state index is -0.0638. The van der Waals surface area contributed by atoms with Gasteiger partial charge in [0.1, 0.15) is 0 Å². The number of fused-ring (bicyclic) bond motifs is 1. The molecule has 1 aromatic carbocycles. The maximum atomic E-state index is 12.3. The molecular formula is C16H22N4O2S. The van der Waals surface area contributed by atoms with Gasteiger partial charge in [0.2, 0.25) is 0 Å². The summed E-state index contributed by atoms with van der Waals surface area (Å²) in [5.74, 6) is -0.0638. The number of nitrogens with one attached hydrogen (secondary N) is 1. The van der Waals surface area contributed by atoms with Crippen LogP contribution in [0.3, 0.4) is 0 Å². The number of nitrogens with two attached hydrogens (primary N) is 1. The number of carbonyl (C=O) groups is 1. The van der Waals surface area contributed by atoms with Crippen LogP contribution in [0.5, 0.6) is 0 Å². The fraction of sp³-hybridized carbons (Fsp3) is 0.500. The number of likely N-dealkylation sites (N-methyl/N-ethyl adjacent to an activating group) is 1. The van der Waals surface area contributed by atoms with E-state index in [2.05, 4.69) is 22.2 Å². The molecule has 1 aliphatic heterocycles. The lowest BCUT2D eigenvalue weighted by molar-refractivity contribution is -0.0226. The topological polar surface area (TPSA) is 80.5 Å². The molecule has 1 aliphatic rings. The summed E-state index contributed by atoms with van der Waals surface area (Å²) in [7, 11) is 2.09. The zero-order chi connectivity index (χ0) is 16.4. The Morgan fingerprint density at radius 3 is 3.17 bits per heavy atom. The minimum Gasteiger partial charge on any atom is -0.375 e. The SMILES string of the molecule is Cc1cc(C(=O)NCC[C@H]2CN(C)CCO2)cc2sc(N)nc12. The average molecular weight is 334 g/mol. The van der Waals surface area contributed by atoms with Crippen LogP contribution < -0.4 is 11.1 Å². The number of anilines is 1. The summed E-state index contributed by atoms with van der Waals surface area (Å²) in [6.45, 7) is 5.21. The molecule has 23 heavy (non-hydrogen) atoms. The third-order valence-electron chi connectivity index (χ3n) is 4.06. The second kappa shape index (κ2) is 6.82. The van der Waals surface area contributed by atoms with E-state index < -0.39 is 0 Å². The van der Waals surface area contributed by atoms with Crippen molar-refractivity contribution < 1.29 is 9.53 Å². The number of aryl methyl sites for hydroxylation is 1. The van der Waals surface area contributed by atoms with Crippen LogP contribution in [0.1, 0.15) is 22.3 Å². The molecule has 6 nitrogen and oxygen atoms in total. The molecule has 0 radical (unpaired) electrons. The van der Waals surface area contributed by atoms with Gasteiger partial charge in [0.25, 0.3) is 5.91 Å². The highest BCUT2D eigenvalue weighted by Gasteiger charge is 2.18. The van der Waals surface area contributed by atoms with Gasteiger partial charge < -0.3 is 20.7 Å². The highest BCUT2D eigenvalue weighted by atomic mass is 32.1. The first kappa shape index (κ1) is 16.2. The van der Waals surface area contributed by atoms with E-state index in [1.165, 1.54) is 11.3 Å². The number of aromatic nitrogens is 1. The predicted molar refractivity (Wildman–Crippen MR) is 93.0 cm³/mol. The van der Waals surface area contributed by atoms with Crippen LogP contribution in [0.15, 0.2) is 12.1 Å². The van der Waals surface area contributed by atoms with Crippen molar-refractivity contribution in [3.63, 3.8) is 0 Å². The van der Waals surface area contributed by atoms with Gasteiger partial charge in [0.05, 0.1) is 22.9 Å². The predicted octanol–water partition coefficient (Wildman–Crippen LogP) is 1.64. The lowest BCUT2D eigenvalue weighted by atomic mass is 10.1. The van der Waals surface area contributed by atoms with Gasteiger partial charge in [-0.25, -0.2) is 4.98 Å². The lowest BCUT2D eigenvalue weighted by Crippen LogP contribution is -2.41. The van der Waals surface area contributed by atoms with Crippen LogP contribution in [-0.4, -0.2) is 55.2 Å². The normalized spacial score (nSPS) is 19.1. The molecule has 1 amide bonds. The Balaban J connectivity index is 1.59. The Morgan fingerprint density at radius 2 is 2.39 bits per heavy atom. The second-order valence-corrected chi connectivity index (χ2v) is 7.05. The summed E-state index contributed by atoms with van der Waals surface area (Å²) >= 11 is 1.41. The minimum absolute atomic E-state index is 0.0638. The molecule has 2 heterocycles. The van der Waals surface area contributed by atoms with Crippen LogP contribution in [0.25, 0.3) is 10.2 Å². The first-order chi connectivity index (χ1) is 11.0. The van der Waals surface area contributed by atoms with Gasteiger partial charge in [-0.3, -0.25) is 4.79 Å². The third-order valence-corrected chi connectivity index (χ3v) is 4.89. The first-order valence-electron chi connectivity index (χ1n) is 7.78. The molecule has 0 saturated carbocycles. The Labute approximate surface area is 139 Å². The maximum absolute atomic E-state index is 12.3. The van der Waals surface area contributed by atoms with Gasteiger partial charge in [-0.05, 0) is 38.1 Å². The van der Waals surface area contributed by atoms with Crippen LogP contribution in [0.4, 0.5) is 5.13 Å². The molecule has 1 saturated heterocycles. The van der Waals surface area contributed by atoms with Crippen LogP contribution in [0, 0.1) is 6.92 Å². The fourth-order valence-electron chi connectivity index (χ4n) is 2.84. The van der Waals surface area contributed by atoms with Gasteiger partial charge in [-0.1, -0.05) is 11.3 Å². The summed E-state index contributed by atoms with van der Waals surface area (Å²) < 4.78 is 6.65. The second-order valence-electron chi connectivity index (χ2n) is 5.99. The number of ether oxygens (including phenoxy) is 1. The number of nitrogens with zero attached hydrogens (tertiary/aromatic N) is 2. The van der Waals surface area contributed by atoms with Crippen molar-refractivity contribution in [1.29, 1.82) is 0 Å². The van der Waals surface area contributed by atoms with Crippen molar-refractivity contribution in [2.75, 3.05) is 39.0 Å². The number of hydrogen-bond donors (Lipinski definition) is 2. The molecule has 3 rings (SSSR count). The fourth-order valence-corrected chi connectivity index (χ4v) is 3.69. The smallest absolute Gasteiger partial charge is 0.251 e. The lowest BCUT2D eigenvalue weighted by Gasteiger charge is -2.30. The van der Waals surface area contributed by atoms with Crippen LogP contribution in [0.2, 0.25) is 0 Å². The summed E-state index contributed by atoms with van der Waals surface area (Å²) in [4.78, 5) is 18.9. The van der Waals surface area contributed by atoms with E-state index >= 15 is 0 Å². The monoisotopic (exact) mass is 334 g/mol. The van der Waals surface area contributed by atoms with Crippen molar-refractivity contribution in [3.05, 3.63) is 23.3 Å². The third kappa shape index (κ3) is 3.80. The van der Waals surface area contributed by atoms with E-state index in [9.17, 15) is 4.79 Å². The molecule has 1 atom stereocenters. The largest absolute Gasteiger partial charge is 0.375 e. The van der Waals surface area contributed by atoms with E-state index in [4.69, 9.17) is 10.5 Å². The molecule has 7 heteroatoms. The van der Waals surface area contributed by atoms with E-state index in [1.54, 1.807) is 0 Å². The number of rotatable bonds is 4. The first-order valence-corrected chi connectivity index (χ1v) is 8.59. The number of amides is 1. The summed E-state index contributed by atoms with van der Waals surface area (Å²) in [6.07, 6.45) is 1.02. The van der Waals surface area contributed by atoms with Gasteiger partial charge in [0, 0.05) is 25.2 Å². The van der Waals surface area contributed by atoms with Crippen molar-refractivity contribution >= 4 is 32.6 Å². The molecule has 1 fully saturated rings. The van der Waals surface area contributed by atoms with Gasteiger partial charge in [-0.15, -0.1) is 0 Å². The van der Waals surface area contributed by atoms with E-state index in [1.807, 2.05) is 19.1 Å². The molecule has 2 aromatic rings. The summed E-state index contributed by atoms with van der Waals surface area (Å²) in [5, 5.41) is 3.50. The molecule has 0 aliphatic carbocycles. The molecule has 0 spiro atoms. The summed E-state index contributed by atoms with van der Waals surface area (Å²) in [6, 6.07) is 3.72. The Morgan fingerprint density at radius 1 is 1.57 bits per heavy atom. The zero-order valence-corrected chi connectivity index (χ0v) is 14.3. The number of morpholine rings is 1. The number of benzene rings is 1. The Hall–Kier alpha value is -1.70. The van der Waals surface area contributed by atoms with Crippen molar-refractivity contribution in [2.24, 2.45) is 0 Å². The van der Waals surface area contributed by atoms with Crippen molar-refractivity contribution in [3.8, 4) is 0 Å². The number of nitrogen functional groups attached to an aromatic ring is 1. The van der Waals surface area contributed by atoms with Gasteiger partial charge in [0.15, 0.2) is 5.13 Å². The van der Waals surface area contributed by atoms with Crippen molar-refractivity contribution in [2.45, 2.75) is 19.4 Å². The maximum Gasteiger partial charge on any atom is 0.251 e. The van der Waals surface area contributed by atoms with Gasteiger partial charge >= 0.3 is 0 Å². The van der Waals surface area contributed by atoms with Gasteiger partial charge in [-0.2, -0.15) is 0 Å². The average Bonchev–Trinajstić information content (AvgIpc) is 2.88. The van der Waals surface area contributed by atoms with Crippen LogP contribution >= 0.6 is 11.3 Å².